The van der Waals surface area contributed by atoms with Gasteiger partial charge in [-0.2, -0.15) is 13.2 Å². The summed E-state index contributed by atoms with van der Waals surface area (Å²) in [6, 6.07) is 0. The van der Waals surface area contributed by atoms with E-state index >= 15 is 0 Å². The molecular weight excluding hydrogens is 375 g/mol. The van der Waals surface area contributed by atoms with E-state index in [2.05, 4.69) is 34.6 Å². The lowest BCUT2D eigenvalue weighted by atomic mass is 10.0. The molecular formula is C13H26BF6NO3S. The first kappa shape index (κ1) is 24.5. The molecule has 0 radical (unpaired) electrons. The lowest BCUT2D eigenvalue weighted by Gasteiger charge is -2.45. The summed E-state index contributed by atoms with van der Waals surface area (Å²) in [6.07, 6.45) is -3.83. The largest absolute Gasteiger partial charge is 0.616 e. The van der Waals surface area contributed by atoms with Gasteiger partial charge in [-0.15, -0.1) is 0 Å². The summed E-state index contributed by atoms with van der Waals surface area (Å²) >= 11 is 0. The van der Waals surface area contributed by atoms with Crippen LogP contribution in [0.1, 0.15) is 47.5 Å². The summed E-state index contributed by atoms with van der Waals surface area (Å²) in [5.41, 5.74) is -5.92. The fourth-order valence-corrected chi connectivity index (χ4v) is 2.68. The van der Waals surface area contributed by atoms with E-state index in [-0.39, 0.29) is 0 Å². The zero-order valence-electron chi connectivity index (χ0n) is 15.0. The van der Waals surface area contributed by atoms with Crippen LogP contribution in [0, 0.1) is 0 Å². The van der Waals surface area contributed by atoms with Gasteiger partial charge in [-0.1, -0.05) is 0 Å². The highest BCUT2D eigenvalue weighted by Crippen LogP contribution is 2.33. The van der Waals surface area contributed by atoms with Crippen LogP contribution in [0.2, 0.25) is 0 Å². The number of likely N-dealkylation sites (tertiary alicyclic amines) is 1. The van der Waals surface area contributed by atoms with Gasteiger partial charge in [-0.05, 0) is 34.6 Å². The van der Waals surface area contributed by atoms with Crippen LogP contribution in [0.15, 0.2) is 0 Å². The van der Waals surface area contributed by atoms with Gasteiger partial charge in [0.15, 0.2) is 6.73 Å². The molecule has 0 saturated carbocycles. The Labute approximate surface area is 145 Å². The number of rotatable bonds is 4. The molecule has 0 aromatic carbocycles. The topological polar surface area (TPSA) is 43.4 Å². The monoisotopic (exact) mass is 401 g/mol. The van der Waals surface area contributed by atoms with Crippen molar-refractivity contribution >= 4 is 15.9 Å². The number of ether oxygens (including phenoxy) is 1. The molecule has 1 saturated heterocycles. The SMILES string of the molecule is CC(C)OC[N+]1(C(C)(C)C)CCCC1.O=S(=O)([B-](F)(F)F)C(F)(F)F. The molecule has 1 rings (SSSR count). The lowest BCUT2D eigenvalue weighted by Crippen LogP contribution is -2.59. The van der Waals surface area contributed by atoms with Crippen molar-refractivity contribution in [2.24, 2.45) is 0 Å². The molecule has 1 aliphatic rings. The van der Waals surface area contributed by atoms with E-state index in [1.165, 1.54) is 25.9 Å². The summed E-state index contributed by atoms with van der Waals surface area (Å²) in [5.74, 6) is 0. The van der Waals surface area contributed by atoms with Crippen LogP contribution < -0.4 is 0 Å². The first-order valence-electron chi connectivity index (χ1n) is 7.85. The normalized spacial score (nSPS) is 18.9. The Balaban J connectivity index is 0.000000477. The molecule has 0 aromatic heterocycles. The summed E-state index contributed by atoms with van der Waals surface area (Å²) in [6.45, 7) is 14.7. The Hall–Kier alpha value is -0.485. The van der Waals surface area contributed by atoms with Crippen LogP contribution in [-0.2, 0) is 14.4 Å². The van der Waals surface area contributed by atoms with Crippen LogP contribution in [0.5, 0.6) is 0 Å². The minimum Gasteiger partial charge on any atom is -0.436 e. The molecule has 0 atom stereocenters. The van der Waals surface area contributed by atoms with Gasteiger partial charge in [0.2, 0.25) is 9.69 Å². The molecule has 1 fully saturated rings. The number of alkyl halides is 3. The lowest BCUT2D eigenvalue weighted by molar-refractivity contribution is -0.977. The first-order valence-corrected chi connectivity index (χ1v) is 9.39. The van der Waals surface area contributed by atoms with Gasteiger partial charge in [-0.25, -0.2) is 0 Å². The number of nitrogens with zero attached hydrogens (tertiary/aromatic N) is 1. The highest BCUT2D eigenvalue weighted by atomic mass is 32.2. The predicted octanol–water partition coefficient (Wildman–Crippen LogP) is 4.04. The minimum absolute atomic E-state index is 0.325. The highest BCUT2D eigenvalue weighted by molar-refractivity contribution is 8.20. The van der Waals surface area contributed by atoms with Crippen molar-refractivity contribution < 1.29 is 43.8 Å². The van der Waals surface area contributed by atoms with Crippen LogP contribution in [0.25, 0.3) is 0 Å². The second kappa shape index (κ2) is 8.04. The summed E-state index contributed by atoms with van der Waals surface area (Å²) in [7, 11) is -6.95. The molecule has 1 aliphatic heterocycles. The molecule has 25 heavy (non-hydrogen) atoms. The van der Waals surface area contributed by atoms with E-state index in [4.69, 9.17) is 4.74 Å². The Morgan fingerprint density at radius 1 is 1.04 bits per heavy atom. The first-order chi connectivity index (χ1) is 10.9. The molecule has 4 nitrogen and oxygen atoms in total. The Morgan fingerprint density at radius 3 is 1.64 bits per heavy atom. The average Bonchev–Trinajstić information content (AvgIpc) is 2.83. The fraction of sp³-hybridized carbons (Fsp3) is 1.00. The summed E-state index contributed by atoms with van der Waals surface area (Å²) < 4.78 is 92.2. The Morgan fingerprint density at radius 2 is 1.44 bits per heavy atom. The molecule has 0 aliphatic carbocycles. The van der Waals surface area contributed by atoms with Crippen LogP contribution in [-0.4, -0.2) is 56.1 Å². The fourth-order valence-electron chi connectivity index (χ4n) is 2.38. The van der Waals surface area contributed by atoms with E-state index < -0.39 is 21.5 Å². The van der Waals surface area contributed by atoms with E-state index in [0.29, 0.717) is 11.6 Å². The minimum atomic E-state index is -6.95. The maximum Gasteiger partial charge on any atom is 0.616 e. The number of hydrogen-bond donors (Lipinski definition) is 0. The number of halogens is 6. The maximum atomic E-state index is 11.1. The van der Waals surface area contributed by atoms with Gasteiger partial charge in [-0.3, -0.25) is 12.9 Å². The third-order valence-electron chi connectivity index (χ3n) is 4.17. The van der Waals surface area contributed by atoms with Crippen molar-refractivity contribution in [1.82, 2.24) is 0 Å². The Kier molecular flexibility index (Phi) is 7.88. The quantitative estimate of drug-likeness (QED) is 0.406. The van der Waals surface area contributed by atoms with Crippen molar-refractivity contribution in [2.75, 3.05) is 19.8 Å². The summed E-state index contributed by atoms with van der Waals surface area (Å²) in [4.78, 5) is 0. The van der Waals surface area contributed by atoms with Crippen LogP contribution >= 0.6 is 0 Å². The predicted molar refractivity (Wildman–Crippen MR) is 84.1 cm³/mol. The molecule has 0 bridgehead atoms. The van der Waals surface area contributed by atoms with Gasteiger partial charge < -0.3 is 17.7 Å². The van der Waals surface area contributed by atoms with Crippen molar-refractivity contribution in [1.29, 1.82) is 0 Å². The maximum absolute atomic E-state index is 11.1. The average molecular weight is 401 g/mol. The van der Waals surface area contributed by atoms with Gasteiger partial charge in [0, 0.05) is 12.8 Å². The van der Waals surface area contributed by atoms with Crippen molar-refractivity contribution in [3.63, 3.8) is 0 Å². The molecule has 12 heteroatoms. The molecule has 0 unspecified atom stereocenters. The van der Waals surface area contributed by atoms with E-state index in [1.807, 2.05) is 0 Å². The van der Waals surface area contributed by atoms with Gasteiger partial charge in [0.1, 0.15) is 0 Å². The molecule has 0 amide bonds. The van der Waals surface area contributed by atoms with E-state index in [1.54, 1.807) is 0 Å². The zero-order chi connectivity index (χ0) is 20.3. The third-order valence-corrected chi connectivity index (χ3v) is 5.52. The molecule has 152 valence electrons. The van der Waals surface area contributed by atoms with Gasteiger partial charge in [0.05, 0.1) is 24.7 Å². The van der Waals surface area contributed by atoms with Crippen LogP contribution in [0.4, 0.5) is 26.1 Å². The number of hydrogen-bond acceptors (Lipinski definition) is 3. The highest BCUT2D eigenvalue weighted by Gasteiger charge is 2.58. The third kappa shape index (κ3) is 6.32. The standard InChI is InChI=1S/C12H26NO.CBF6O2S/c1-11(2)14-10-13(12(3,4)5)8-6-7-9-13;3-1(4,5)11(9,10)2(6,7)8/h11H,6-10H2,1-5H3;/q+1;-1. The molecule has 0 N–H and O–H groups in total. The Bertz CT molecular complexity index is 499. The van der Waals surface area contributed by atoms with E-state index in [9.17, 15) is 34.5 Å². The second-order valence-corrected chi connectivity index (χ2v) is 9.41. The summed E-state index contributed by atoms with van der Waals surface area (Å²) in [5, 5.41) is 0. The zero-order valence-corrected chi connectivity index (χ0v) is 15.9. The van der Waals surface area contributed by atoms with Crippen molar-refractivity contribution in [3.8, 4) is 0 Å². The molecule has 0 aromatic rings. The molecule has 0 spiro atoms. The number of quaternary nitrogens is 1. The van der Waals surface area contributed by atoms with Crippen LogP contribution in [0.3, 0.4) is 0 Å². The smallest absolute Gasteiger partial charge is 0.436 e. The van der Waals surface area contributed by atoms with Gasteiger partial charge in [0.25, 0.3) is 0 Å². The second-order valence-electron chi connectivity index (χ2n) is 7.32. The van der Waals surface area contributed by atoms with Crippen molar-refractivity contribution in [3.05, 3.63) is 0 Å². The van der Waals surface area contributed by atoms with E-state index in [0.717, 1.165) is 11.2 Å². The molecule has 1 heterocycles. The van der Waals surface area contributed by atoms with Crippen molar-refractivity contribution in [2.45, 2.75) is 64.6 Å². The van der Waals surface area contributed by atoms with Gasteiger partial charge >= 0.3 is 11.8 Å².